The molecule has 0 spiro atoms. The van der Waals surface area contributed by atoms with E-state index in [0.29, 0.717) is 0 Å². The summed E-state index contributed by atoms with van der Waals surface area (Å²) >= 11 is 7.25. The third-order valence-corrected chi connectivity index (χ3v) is 7.86. The molecule has 3 rings (SSSR count). The van der Waals surface area contributed by atoms with Crippen LogP contribution in [0.25, 0.3) is 0 Å². The highest BCUT2D eigenvalue weighted by atomic mass is 79.9. The topological polar surface area (TPSA) is 17.1 Å². The summed E-state index contributed by atoms with van der Waals surface area (Å²) in [7, 11) is -1.50. The lowest BCUT2D eigenvalue weighted by Crippen LogP contribution is -2.06. The van der Waals surface area contributed by atoms with Crippen molar-refractivity contribution in [3.63, 3.8) is 0 Å². The molecule has 138 valence electrons. The van der Waals surface area contributed by atoms with E-state index in [4.69, 9.17) is 0 Å². The minimum absolute atomic E-state index is 0.885. The first-order chi connectivity index (χ1) is 13.0. The molecule has 3 aromatic carbocycles. The van der Waals surface area contributed by atoms with Crippen molar-refractivity contribution in [1.29, 1.82) is 0 Å². The Labute approximate surface area is 179 Å². The zero-order valence-corrected chi connectivity index (χ0v) is 19.4. The van der Waals surface area contributed by atoms with Crippen LogP contribution in [0.3, 0.4) is 0 Å². The van der Waals surface area contributed by atoms with Crippen molar-refractivity contribution in [2.24, 2.45) is 0 Å². The fourth-order valence-corrected chi connectivity index (χ4v) is 5.45. The normalized spacial score (nSPS) is 11.4. The molecule has 4 heteroatoms. The van der Waals surface area contributed by atoms with E-state index in [1.54, 1.807) is 0 Å². The lowest BCUT2D eigenvalue weighted by molar-refractivity contribution is 0.598. The van der Waals surface area contributed by atoms with Gasteiger partial charge in [-0.15, -0.1) is 0 Å². The maximum absolute atomic E-state index is 12.6. The van der Waals surface area contributed by atoms with Crippen molar-refractivity contribution >= 4 is 50.3 Å². The summed E-state index contributed by atoms with van der Waals surface area (Å²) in [6, 6.07) is 22.3. The standard InChI is InChI=1S/C23H22Br2OP/c1-17-22(24)15-19(16-23(17)25)8-6-5-7-18-11-13-21(14-12-18)27(26)20-9-3-2-4-10-20/h2-4,9-16H,5-8H2,1H3/q+1. The number of halogens is 2. The Morgan fingerprint density at radius 1 is 0.741 bits per heavy atom. The van der Waals surface area contributed by atoms with Crippen molar-refractivity contribution in [2.45, 2.75) is 32.6 Å². The molecule has 0 radical (unpaired) electrons. The second-order valence-corrected chi connectivity index (χ2v) is 10.0. The average Bonchev–Trinajstić information content (AvgIpc) is 2.70. The zero-order valence-electron chi connectivity index (χ0n) is 15.3. The molecular weight excluding hydrogens is 483 g/mol. The van der Waals surface area contributed by atoms with E-state index in [1.165, 1.54) is 16.7 Å². The molecule has 0 amide bonds. The summed E-state index contributed by atoms with van der Waals surface area (Å²) in [4.78, 5) is 0. The highest BCUT2D eigenvalue weighted by molar-refractivity contribution is 9.11. The van der Waals surface area contributed by atoms with E-state index in [1.807, 2.05) is 42.5 Å². The van der Waals surface area contributed by atoms with Gasteiger partial charge in [0, 0.05) is 8.95 Å². The summed E-state index contributed by atoms with van der Waals surface area (Å²) in [5.41, 5.74) is 3.91. The van der Waals surface area contributed by atoms with Crippen LogP contribution in [-0.2, 0) is 17.4 Å². The third kappa shape index (κ3) is 5.60. The Morgan fingerprint density at radius 3 is 1.85 bits per heavy atom. The number of benzene rings is 3. The molecule has 0 bridgehead atoms. The first-order valence-corrected chi connectivity index (χ1v) is 11.9. The van der Waals surface area contributed by atoms with E-state index in [0.717, 1.165) is 45.2 Å². The van der Waals surface area contributed by atoms with Crippen LogP contribution in [0.4, 0.5) is 0 Å². The highest BCUT2D eigenvalue weighted by Crippen LogP contribution is 2.27. The molecule has 1 unspecified atom stereocenters. The van der Waals surface area contributed by atoms with E-state index >= 15 is 0 Å². The molecule has 0 aliphatic heterocycles. The largest absolute Gasteiger partial charge is 0.415 e. The van der Waals surface area contributed by atoms with Gasteiger partial charge < -0.3 is 0 Å². The molecule has 1 nitrogen and oxygen atoms in total. The maximum Gasteiger partial charge on any atom is 0.415 e. The van der Waals surface area contributed by atoms with E-state index in [9.17, 15) is 4.57 Å². The molecule has 0 heterocycles. The first-order valence-electron chi connectivity index (χ1n) is 9.10. The smallest absolute Gasteiger partial charge is 0.0619 e. The Hall–Kier alpha value is -1.28. The molecule has 0 aliphatic rings. The minimum Gasteiger partial charge on any atom is -0.0619 e. The fraction of sp³-hybridized carbons (Fsp3) is 0.217. The van der Waals surface area contributed by atoms with Crippen LogP contribution >= 0.6 is 39.7 Å². The van der Waals surface area contributed by atoms with Crippen molar-refractivity contribution in [3.05, 3.63) is 92.4 Å². The van der Waals surface area contributed by atoms with Crippen molar-refractivity contribution in [1.82, 2.24) is 0 Å². The summed E-state index contributed by atoms with van der Waals surface area (Å²) in [5.74, 6) is 0. The van der Waals surface area contributed by atoms with E-state index in [-0.39, 0.29) is 0 Å². The van der Waals surface area contributed by atoms with Crippen LogP contribution in [0, 0.1) is 6.92 Å². The van der Waals surface area contributed by atoms with Gasteiger partial charge in [0.15, 0.2) is 10.6 Å². The van der Waals surface area contributed by atoms with Gasteiger partial charge in [0.05, 0.1) is 0 Å². The molecule has 0 aromatic heterocycles. The number of hydrogen-bond donors (Lipinski definition) is 0. The van der Waals surface area contributed by atoms with Gasteiger partial charge in [-0.1, -0.05) is 66.8 Å². The lowest BCUT2D eigenvalue weighted by Gasteiger charge is -2.07. The molecular formula is C23H22Br2OP+. The van der Waals surface area contributed by atoms with E-state index < -0.39 is 7.80 Å². The monoisotopic (exact) mass is 503 g/mol. The van der Waals surface area contributed by atoms with Crippen LogP contribution in [0.1, 0.15) is 29.5 Å². The molecule has 0 N–H and O–H groups in total. The van der Waals surface area contributed by atoms with Crippen molar-refractivity contribution < 1.29 is 4.57 Å². The van der Waals surface area contributed by atoms with Crippen molar-refractivity contribution in [2.75, 3.05) is 0 Å². The average molecular weight is 505 g/mol. The van der Waals surface area contributed by atoms with Gasteiger partial charge >= 0.3 is 7.80 Å². The van der Waals surface area contributed by atoms with Gasteiger partial charge in [0.2, 0.25) is 0 Å². The molecule has 0 fully saturated rings. The Balaban J connectivity index is 1.51. The predicted molar refractivity (Wildman–Crippen MR) is 123 cm³/mol. The Kier molecular flexibility index (Phi) is 7.41. The summed E-state index contributed by atoms with van der Waals surface area (Å²) in [5, 5.41) is 1.78. The number of rotatable bonds is 7. The van der Waals surface area contributed by atoms with Gasteiger partial charge in [-0.05, 0) is 85.7 Å². The SMILES string of the molecule is Cc1c(Br)cc(CCCCc2ccc([P+](=O)c3ccccc3)cc2)cc1Br. The molecule has 27 heavy (non-hydrogen) atoms. The minimum atomic E-state index is -1.50. The second-order valence-electron chi connectivity index (χ2n) is 6.69. The lowest BCUT2D eigenvalue weighted by atomic mass is 10.0. The number of hydrogen-bond acceptors (Lipinski definition) is 1. The number of aryl methyl sites for hydroxylation is 2. The summed E-state index contributed by atoms with van der Waals surface area (Å²) in [6.45, 7) is 2.10. The van der Waals surface area contributed by atoms with Gasteiger partial charge in [-0.3, -0.25) is 0 Å². The van der Waals surface area contributed by atoms with Crippen LogP contribution < -0.4 is 10.6 Å². The number of unbranched alkanes of at least 4 members (excludes halogenated alkanes) is 1. The zero-order chi connectivity index (χ0) is 19.2. The van der Waals surface area contributed by atoms with Gasteiger partial charge in [-0.25, -0.2) is 0 Å². The first kappa shape index (κ1) is 20.5. The Morgan fingerprint density at radius 2 is 1.26 bits per heavy atom. The summed E-state index contributed by atoms with van der Waals surface area (Å²) in [6.07, 6.45) is 4.43. The summed E-state index contributed by atoms with van der Waals surface area (Å²) < 4.78 is 14.9. The highest BCUT2D eigenvalue weighted by Gasteiger charge is 2.22. The van der Waals surface area contributed by atoms with Gasteiger partial charge in [0.1, 0.15) is 0 Å². The van der Waals surface area contributed by atoms with Gasteiger partial charge in [-0.2, -0.15) is 0 Å². The van der Waals surface area contributed by atoms with Crippen LogP contribution in [-0.4, -0.2) is 0 Å². The maximum atomic E-state index is 12.6. The molecule has 3 aromatic rings. The van der Waals surface area contributed by atoms with Crippen LogP contribution in [0.5, 0.6) is 0 Å². The van der Waals surface area contributed by atoms with Crippen LogP contribution in [0.2, 0.25) is 0 Å². The van der Waals surface area contributed by atoms with Gasteiger partial charge in [0.25, 0.3) is 0 Å². The third-order valence-electron chi connectivity index (χ3n) is 4.68. The quantitative estimate of drug-likeness (QED) is 0.253. The molecule has 1 atom stereocenters. The van der Waals surface area contributed by atoms with Crippen LogP contribution in [0.15, 0.2) is 75.7 Å². The van der Waals surface area contributed by atoms with E-state index in [2.05, 4.69) is 63.0 Å². The second kappa shape index (κ2) is 9.78. The predicted octanol–water partition coefficient (Wildman–Crippen LogP) is 6.86. The van der Waals surface area contributed by atoms with Crippen molar-refractivity contribution in [3.8, 4) is 0 Å². The molecule has 0 saturated carbocycles. The molecule has 0 aliphatic carbocycles. The molecule has 0 saturated heterocycles. The Bertz CT molecular complexity index is 898. The fourth-order valence-electron chi connectivity index (χ4n) is 3.01.